The van der Waals surface area contributed by atoms with Crippen LogP contribution in [0.2, 0.25) is 0 Å². The number of hydrogen-bond donors (Lipinski definition) is 1. The molecular weight excluding hydrogens is 314 g/mol. The number of thiophene rings is 1. The Morgan fingerprint density at radius 2 is 2.26 bits per heavy atom. The van der Waals surface area contributed by atoms with Crippen molar-refractivity contribution in [2.45, 2.75) is 32.6 Å². The van der Waals surface area contributed by atoms with Crippen LogP contribution in [0.4, 0.5) is 5.00 Å². The Labute approximate surface area is 138 Å². The minimum absolute atomic E-state index is 0.175. The molecule has 23 heavy (non-hydrogen) atoms. The Balaban J connectivity index is 1.81. The number of amides is 1. The normalized spacial score (nSPS) is 13.0. The summed E-state index contributed by atoms with van der Waals surface area (Å²) >= 11 is 1.49. The van der Waals surface area contributed by atoms with Crippen molar-refractivity contribution in [2.75, 3.05) is 11.9 Å². The summed E-state index contributed by atoms with van der Waals surface area (Å²) in [4.78, 5) is 29.9. The lowest BCUT2D eigenvalue weighted by Gasteiger charge is -2.08. The number of nitrogens with zero attached hydrogens (tertiary/aromatic N) is 2. The van der Waals surface area contributed by atoms with E-state index in [0.717, 1.165) is 24.8 Å². The third kappa shape index (κ3) is 3.14. The van der Waals surface area contributed by atoms with Crippen LogP contribution >= 0.6 is 11.3 Å². The summed E-state index contributed by atoms with van der Waals surface area (Å²) in [6.07, 6.45) is 6.51. The summed E-state index contributed by atoms with van der Waals surface area (Å²) in [7, 11) is 1.85. The number of esters is 1. The molecule has 1 amide bonds. The molecule has 2 aromatic rings. The first kappa shape index (κ1) is 15.7. The SMILES string of the molecule is CCOC(=O)c1c(NC(=O)Cc2nccn2C)sc2c1CCC2. The molecule has 1 N–H and O–H groups in total. The quantitative estimate of drug-likeness (QED) is 0.852. The van der Waals surface area contributed by atoms with Crippen LogP contribution in [-0.2, 0) is 35.8 Å². The zero-order chi connectivity index (χ0) is 16.4. The molecule has 0 aromatic carbocycles. The van der Waals surface area contributed by atoms with Crippen LogP contribution in [0.1, 0.15) is 40.0 Å². The highest BCUT2D eigenvalue weighted by Gasteiger charge is 2.28. The fourth-order valence-corrected chi connectivity index (χ4v) is 4.09. The molecule has 7 heteroatoms. The Morgan fingerprint density at radius 3 is 2.96 bits per heavy atom. The van der Waals surface area contributed by atoms with E-state index in [9.17, 15) is 9.59 Å². The van der Waals surface area contributed by atoms with Gasteiger partial charge in [-0.15, -0.1) is 11.3 Å². The molecule has 0 saturated heterocycles. The van der Waals surface area contributed by atoms with Crippen molar-refractivity contribution in [1.82, 2.24) is 9.55 Å². The molecule has 0 unspecified atom stereocenters. The van der Waals surface area contributed by atoms with Crippen molar-refractivity contribution in [1.29, 1.82) is 0 Å². The van der Waals surface area contributed by atoms with E-state index in [2.05, 4.69) is 10.3 Å². The van der Waals surface area contributed by atoms with Gasteiger partial charge in [0.25, 0.3) is 0 Å². The van der Waals surface area contributed by atoms with Gasteiger partial charge in [0.15, 0.2) is 0 Å². The Bertz CT molecular complexity index is 748. The van der Waals surface area contributed by atoms with Crippen LogP contribution in [0.5, 0.6) is 0 Å². The number of aryl methyl sites for hydroxylation is 2. The van der Waals surface area contributed by atoms with Gasteiger partial charge in [-0.25, -0.2) is 9.78 Å². The van der Waals surface area contributed by atoms with E-state index in [1.807, 2.05) is 7.05 Å². The maximum absolute atomic E-state index is 12.3. The van der Waals surface area contributed by atoms with Gasteiger partial charge in [-0.2, -0.15) is 0 Å². The number of aromatic nitrogens is 2. The Hall–Kier alpha value is -2.15. The average molecular weight is 333 g/mol. The van der Waals surface area contributed by atoms with Crippen molar-refractivity contribution < 1.29 is 14.3 Å². The molecular formula is C16H19N3O3S. The largest absolute Gasteiger partial charge is 0.462 e. The molecule has 0 aliphatic heterocycles. The monoisotopic (exact) mass is 333 g/mol. The van der Waals surface area contributed by atoms with Gasteiger partial charge in [0.1, 0.15) is 10.8 Å². The molecule has 0 bridgehead atoms. The lowest BCUT2D eigenvalue weighted by molar-refractivity contribution is -0.115. The molecule has 1 aliphatic carbocycles. The van der Waals surface area contributed by atoms with E-state index in [1.165, 1.54) is 16.2 Å². The van der Waals surface area contributed by atoms with Crippen LogP contribution in [0.25, 0.3) is 0 Å². The summed E-state index contributed by atoms with van der Waals surface area (Å²) in [5, 5.41) is 3.47. The highest BCUT2D eigenvalue weighted by molar-refractivity contribution is 7.17. The van der Waals surface area contributed by atoms with Crippen LogP contribution in [0, 0.1) is 0 Å². The molecule has 6 nitrogen and oxygen atoms in total. The second kappa shape index (κ2) is 6.54. The summed E-state index contributed by atoms with van der Waals surface area (Å²) in [6.45, 7) is 2.11. The first-order valence-electron chi connectivity index (χ1n) is 7.67. The minimum atomic E-state index is -0.348. The van der Waals surface area contributed by atoms with Gasteiger partial charge in [-0.3, -0.25) is 4.79 Å². The predicted octanol–water partition coefficient (Wildman–Crippen LogP) is 2.33. The van der Waals surface area contributed by atoms with Crippen molar-refractivity contribution in [3.8, 4) is 0 Å². The molecule has 0 atom stereocenters. The van der Waals surface area contributed by atoms with Gasteiger partial charge in [-0.05, 0) is 31.7 Å². The number of imidazole rings is 1. The number of carbonyl (C=O) groups excluding carboxylic acids is 2. The number of nitrogens with one attached hydrogen (secondary N) is 1. The summed E-state index contributed by atoms with van der Waals surface area (Å²) in [6, 6.07) is 0. The van der Waals surface area contributed by atoms with E-state index in [-0.39, 0.29) is 18.3 Å². The molecule has 122 valence electrons. The van der Waals surface area contributed by atoms with Crippen LogP contribution in [-0.4, -0.2) is 28.0 Å². The summed E-state index contributed by atoms with van der Waals surface area (Å²) < 4.78 is 6.96. The maximum Gasteiger partial charge on any atom is 0.341 e. The lowest BCUT2D eigenvalue weighted by Crippen LogP contribution is -2.18. The third-order valence-corrected chi connectivity index (χ3v) is 5.10. The van der Waals surface area contributed by atoms with E-state index in [4.69, 9.17) is 4.74 Å². The van der Waals surface area contributed by atoms with Crippen molar-refractivity contribution in [2.24, 2.45) is 7.05 Å². The highest BCUT2D eigenvalue weighted by Crippen LogP contribution is 2.39. The summed E-state index contributed by atoms with van der Waals surface area (Å²) in [5.41, 5.74) is 1.58. The van der Waals surface area contributed by atoms with E-state index in [0.29, 0.717) is 23.0 Å². The fraction of sp³-hybridized carbons (Fsp3) is 0.438. The Morgan fingerprint density at radius 1 is 1.43 bits per heavy atom. The fourth-order valence-electron chi connectivity index (χ4n) is 2.79. The number of rotatable bonds is 5. The smallest absolute Gasteiger partial charge is 0.341 e. The average Bonchev–Trinajstić information content (AvgIpc) is 3.16. The molecule has 3 rings (SSSR count). The van der Waals surface area contributed by atoms with Gasteiger partial charge in [0.05, 0.1) is 18.6 Å². The molecule has 2 aromatic heterocycles. The zero-order valence-electron chi connectivity index (χ0n) is 13.2. The van der Waals surface area contributed by atoms with Crippen molar-refractivity contribution in [3.63, 3.8) is 0 Å². The van der Waals surface area contributed by atoms with Gasteiger partial charge in [0, 0.05) is 24.3 Å². The summed E-state index contributed by atoms with van der Waals surface area (Å²) in [5.74, 6) is 0.160. The molecule has 2 heterocycles. The molecule has 0 saturated carbocycles. The number of carbonyl (C=O) groups is 2. The van der Waals surface area contributed by atoms with E-state index < -0.39 is 0 Å². The molecule has 0 radical (unpaired) electrons. The van der Waals surface area contributed by atoms with Gasteiger partial charge >= 0.3 is 5.97 Å². The standard InChI is InChI=1S/C16H19N3O3S/c1-3-22-16(21)14-10-5-4-6-11(10)23-15(14)18-13(20)9-12-17-7-8-19(12)2/h7-8H,3-6,9H2,1-2H3,(H,18,20). The topological polar surface area (TPSA) is 73.2 Å². The van der Waals surface area contributed by atoms with Crippen LogP contribution in [0.15, 0.2) is 12.4 Å². The first-order valence-corrected chi connectivity index (χ1v) is 8.49. The van der Waals surface area contributed by atoms with Crippen molar-refractivity contribution >= 4 is 28.2 Å². The minimum Gasteiger partial charge on any atom is -0.462 e. The predicted molar refractivity (Wildman–Crippen MR) is 87.8 cm³/mol. The number of ether oxygens (including phenoxy) is 1. The van der Waals surface area contributed by atoms with Crippen LogP contribution < -0.4 is 5.32 Å². The number of hydrogen-bond acceptors (Lipinski definition) is 5. The molecule has 0 fully saturated rings. The van der Waals surface area contributed by atoms with E-state index in [1.54, 1.807) is 23.9 Å². The maximum atomic E-state index is 12.3. The first-order chi connectivity index (χ1) is 11.1. The van der Waals surface area contributed by atoms with Gasteiger partial charge < -0.3 is 14.6 Å². The molecule has 0 spiro atoms. The van der Waals surface area contributed by atoms with Crippen LogP contribution in [0.3, 0.4) is 0 Å². The van der Waals surface area contributed by atoms with E-state index >= 15 is 0 Å². The Kier molecular flexibility index (Phi) is 4.47. The highest BCUT2D eigenvalue weighted by atomic mass is 32.1. The second-order valence-electron chi connectivity index (χ2n) is 5.46. The zero-order valence-corrected chi connectivity index (χ0v) is 14.0. The number of anilines is 1. The third-order valence-electron chi connectivity index (χ3n) is 3.89. The van der Waals surface area contributed by atoms with Crippen molar-refractivity contribution in [3.05, 3.63) is 34.2 Å². The lowest BCUT2D eigenvalue weighted by atomic mass is 10.1. The number of fused-ring (bicyclic) bond motifs is 1. The van der Waals surface area contributed by atoms with Gasteiger partial charge in [-0.1, -0.05) is 0 Å². The molecule has 1 aliphatic rings. The van der Waals surface area contributed by atoms with Gasteiger partial charge in [0.2, 0.25) is 5.91 Å². The second-order valence-corrected chi connectivity index (χ2v) is 6.57.